The molecule has 0 bridgehead atoms. The van der Waals surface area contributed by atoms with Crippen molar-refractivity contribution in [1.29, 1.82) is 0 Å². The highest BCUT2D eigenvalue weighted by molar-refractivity contribution is 5.84. The Morgan fingerprint density at radius 2 is 1.60 bits per heavy atom. The van der Waals surface area contributed by atoms with Crippen molar-refractivity contribution in [3.8, 4) is 11.3 Å². The number of hydrogen-bond acceptors (Lipinski definition) is 2. The summed E-state index contributed by atoms with van der Waals surface area (Å²) in [6.45, 7) is 6.05. The van der Waals surface area contributed by atoms with E-state index in [1.54, 1.807) is 6.07 Å². The fraction of sp³-hybridized carbons (Fsp3) is 0.167. The van der Waals surface area contributed by atoms with E-state index < -0.39 is 0 Å². The molecule has 0 aliphatic rings. The SMILES string of the molecule is Cc1cc2oc(-c3ccccc3)cc(=O)c2c(C)c1C. The summed E-state index contributed by atoms with van der Waals surface area (Å²) in [4.78, 5) is 12.4. The van der Waals surface area contributed by atoms with Gasteiger partial charge in [-0.05, 0) is 43.5 Å². The lowest BCUT2D eigenvalue weighted by Crippen LogP contribution is -2.04. The molecule has 2 aromatic carbocycles. The van der Waals surface area contributed by atoms with Crippen molar-refractivity contribution in [2.24, 2.45) is 0 Å². The van der Waals surface area contributed by atoms with E-state index in [1.807, 2.05) is 57.2 Å². The number of fused-ring (bicyclic) bond motifs is 1. The molecule has 0 aliphatic carbocycles. The molecule has 2 heteroatoms. The second-order valence-electron chi connectivity index (χ2n) is 5.16. The van der Waals surface area contributed by atoms with Crippen molar-refractivity contribution in [3.63, 3.8) is 0 Å². The molecule has 0 saturated carbocycles. The van der Waals surface area contributed by atoms with Gasteiger partial charge < -0.3 is 4.42 Å². The first-order valence-electron chi connectivity index (χ1n) is 6.68. The molecule has 0 atom stereocenters. The molecule has 3 aromatic rings. The van der Waals surface area contributed by atoms with Crippen molar-refractivity contribution >= 4 is 11.0 Å². The predicted molar refractivity (Wildman–Crippen MR) is 82.1 cm³/mol. The fourth-order valence-corrected chi connectivity index (χ4v) is 2.52. The largest absolute Gasteiger partial charge is 0.456 e. The first kappa shape index (κ1) is 12.7. The van der Waals surface area contributed by atoms with Gasteiger partial charge in [0.25, 0.3) is 0 Å². The average molecular weight is 264 g/mol. The zero-order valence-electron chi connectivity index (χ0n) is 11.9. The maximum Gasteiger partial charge on any atom is 0.193 e. The Hall–Kier alpha value is -2.35. The normalized spacial score (nSPS) is 10.9. The Morgan fingerprint density at radius 1 is 0.900 bits per heavy atom. The molecular formula is C18H16O2. The molecule has 0 radical (unpaired) electrons. The minimum absolute atomic E-state index is 0.0192. The first-order valence-corrected chi connectivity index (χ1v) is 6.68. The molecule has 1 heterocycles. The highest BCUT2D eigenvalue weighted by Crippen LogP contribution is 2.26. The van der Waals surface area contributed by atoms with Gasteiger partial charge in [-0.3, -0.25) is 4.79 Å². The van der Waals surface area contributed by atoms with E-state index in [-0.39, 0.29) is 5.43 Å². The summed E-state index contributed by atoms with van der Waals surface area (Å²) < 4.78 is 5.95. The lowest BCUT2D eigenvalue weighted by molar-refractivity contribution is 0.618. The lowest BCUT2D eigenvalue weighted by atomic mass is 9.99. The van der Waals surface area contributed by atoms with Gasteiger partial charge in [0, 0.05) is 11.6 Å². The van der Waals surface area contributed by atoms with Crippen LogP contribution < -0.4 is 5.43 Å². The summed E-state index contributed by atoms with van der Waals surface area (Å²) in [5, 5.41) is 0.688. The highest BCUT2D eigenvalue weighted by atomic mass is 16.3. The molecule has 0 N–H and O–H groups in total. The van der Waals surface area contributed by atoms with Gasteiger partial charge in [0.05, 0.1) is 5.39 Å². The Bertz CT molecular complexity index is 843. The highest BCUT2D eigenvalue weighted by Gasteiger charge is 2.11. The van der Waals surface area contributed by atoms with Crippen molar-refractivity contribution < 1.29 is 4.42 Å². The molecule has 0 amide bonds. The zero-order valence-corrected chi connectivity index (χ0v) is 11.9. The van der Waals surface area contributed by atoms with Gasteiger partial charge in [-0.1, -0.05) is 30.3 Å². The van der Waals surface area contributed by atoms with Crippen LogP contribution >= 0.6 is 0 Å². The van der Waals surface area contributed by atoms with Gasteiger partial charge in [-0.25, -0.2) is 0 Å². The molecule has 0 aliphatic heterocycles. The Kier molecular flexibility index (Phi) is 2.94. The van der Waals surface area contributed by atoms with Crippen LogP contribution in [-0.2, 0) is 0 Å². The zero-order chi connectivity index (χ0) is 14.3. The van der Waals surface area contributed by atoms with Gasteiger partial charge in [0.2, 0.25) is 0 Å². The maximum absolute atomic E-state index is 12.4. The van der Waals surface area contributed by atoms with Crippen LogP contribution in [0.2, 0.25) is 0 Å². The van der Waals surface area contributed by atoms with Crippen LogP contribution in [0.1, 0.15) is 16.7 Å². The van der Waals surface area contributed by atoms with Gasteiger partial charge in [0.15, 0.2) is 5.43 Å². The Balaban J connectivity index is 2.36. The molecule has 100 valence electrons. The monoisotopic (exact) mass is 264 g/mol. The standard InChI is InChI=1S/C18H16O2/c1-11-9-17-18(13(3)12(11)2)15(19)10-16(20-17)14-7-5-4-6-8-14/h4-10H,1-3H3. The summed E-state index contributed by atoms with van der Waals surface area (Å²) in [6, 6.07) is 13.2. The summed E-state index contributed by atoms with van der Waals surface area (Å²) in [6.07, 6.45) is 0. The second kappa shape index (κ2) is 4.64. The summed E-state index contributed by atoms with van der Waals surface area (Å²) in [7, 11) is 0. The van der Waals surface area contributed by atoms with Crippen LogP contribution in [0.3, 0.4) is 0 Å². The molecule has 0 saturated heterocycles. The minimum atomic E-state index is 0.0192. The van der Waals surface area contributed by atoms with Crippen LogP contribution in [0.5, 0.6) is 0 Å². The average Bonchev–Trinajstić information content (AvgIpc) is 2.45. The molecule has 0 fully saturated rings. The molecular weight excluding hydrogens is 248 g/mol. The van der Waals surface area contributed by atoms with E-state index in [9.17, 15) is 4.79 Å². The van der Waals surface area contributed by atoms with Crippen LogP contribution in [-0.4, -0.2) is 0 Å². The van der Waals surface area contributed by atoms with Crippen LogP contribution in [0, 0.1) is 20.8 Å². The van der Waals surface area contributed by atoms with Gasteiger partial charge in [-0.2, -0.15) is 0 Å². The van der Waals surface area contributed by atoms with E-state index in [1.165, 1.54) is 0 Å². The van der Waals surface area contributed by atoms with Gasteiger partial charge >= 0.3 is 0 Å². The minimum Gasteiger partial charge on any atom is -0.456 e. The van der Waals surface area contributed by atoms with Crippen LogP contribution in [0.15, 0.2) is 51.7 Å². The van der Waals surface area contributed by atoms with Crippen molar-refractivity contribution in [2.75, 3.05) is 0 Å². The van der Waals surface area contributed by atoms with Crippen molar-refractivity contribution in [2.45, 2.75) is 20.8 Å². The number of aryl methyl sites for hydroxylation is 2. The van der Waals surface area contributed by atoms with Crippen LogP contribution in [0.4, 0.5) is 0 Å². The van der Waals surface area contributed by atoms with E-state index in [0.29, 0.717) is 16.7 Å². The van der Waals surface area contributed by atoms with Gasteiger partial charge in [-0.15, -0.1) is 0 Å². The van der Waals surface area contributed by atoms with E-state index >= 15 is 0 Å². The quantitative estimate of drug-likeness (QED) is 0.652. The first-order chi connectivity index (χ1) is 9.58. The Labute approximate surface area is 117 Å². The predicted octanol–water partition coefficient (Wildman–Crippen LogP) is 4.39. The molecule has 20 heavy (non-hydrogen) atoms. The lowest BCUT2D eigenvalue weighted by Gasteiger charge is -2.09. The van der Waals surface area contributed by atoms with E-state index in [2.05, 4.69) is 0 Å². The topological polar surface area (TPSA) is 30.2 Å². The summed E-state index contributed by atoms with van der Waals surface area (Å²) >= 11 is 0. The van der Waals surface area contributed by atoms with Crippen molar-refractivity contribution in [3.05, 3.63) is 69.4 Å². The summed E-state index contributed by atoms with van der Waals surface area (Å²) in [5.74, 6) is 0.616. The van der Waals surface area contributed by atoms with E-state index in [0.717, 1.165) is 22.3 Å². The van der Waals surface area contributed by atoms with Crippen LogP contribution in [0.25, 0.3) is 22.3 Å². The summed E-state index contributed by atoms with van der Waals surface area (Å²) in [5.41, 5.74) is 4.90. The third-order valence-corrected chi connectivity index (χ3v) is 3.91. The fourth-order valence-electron chi connectivity index (χ4n) is 2.52. The third kappa shape index (κ3) is 1.94. The number of benzene rings is 2. The Morgan fingerprint density at radius 3 is 2.30 bits per heavy atom. The third-order valence-electron chi connectivity index (χ3n) is 3.91. The smallest absolute Gasteiger partial charge is 0.193 e. The molecule has 0 unspecified atom stereocenters. The number of rotatable bonds is 1. The number of hydrogen-bond donors (Lipinski definition) is 0. The molecule has 2 nitrogen and oxygen atoms in total. The van der Waals surface area contributed by atoms with Crippen molar-refractivity contribution in [1.82, 2.24) is 0 Å². The maximum atomic E-state index is 12.4. The second-order valence-corrected chi connectivity index (χ2v) is 5.16. The van der Waals surface area contributed by atoms with E-state index in [4.69, 9.17) is 4.42 Å². The molecule has 3 rings (SSSR count). The molecule has 0 spiro atoms. The van der Waals surface area contributed by atoms with Gasteiger partial charge in [0.1, 0.15) is 11.3 Å². The molecule has 1 aromatic heterocycles.